The summed E-state index contributed by atoms with van der Waals surface area (Å²) < 4.78 is 7.07. The second-order valence-electron chi connectivity index (χ2n) is 6.41. The number of aryl methyl sites for hydroxylation is 1. The molecular formula is C22H20N4O3S2. The van der Waals surface area contributed by atoms with Crippen LogP contribution in [0, 0.1) is 25.2 Å². The number of carbonyl (C=O) groups excluding carboxylic acids is 2. The molecule has 0 saturated carbocycles. The number of nitriles is 1. The molecule has 0 saturated heterocycles. The molecule has 2 aromatic heterocycles. The molecule has 0 fully saturated rings. The second-order valence-corrected chi connectivity index (χ2v) is 8.30. The van der Waals surface area contributed by atoms with Crippen molar-refractivity contribution >= 4 is 46.7 Å². The van der Waals surface area contributed by atoms with E-state index in [1.54, 1.807) is 24.4 Å². The predicted octanol–water partition coefficient (Wildman–Crippen LogP) is 4.36. The third-order valence-corrected chi connectivity index (χ3v) is 5.98. The lowest BCUT2D eigenvalue weighted by Gasteiger charge is -2.09. The molecule has 31 heavy (non-hydrogen) atoms. The van der Waals surface area contributed by atoms with Gasteiger partial charge in [-0.1, -0.05) is 12.1 Å². The first-order valence-corrected chi connectivity index (χ1v) is 11.2. The van der Waals surface area contributed by atoms with Crippen molar-refractivity contribution in [2.75, 3.05) is 17.7 Å². The van der Waals surface area contributed by atoms with Gasteiger partial charge in [0.1, 0.15) is 0 Å². The van der Waals surface area contributed by atoms with Gasteiger partial charge in [-0.3, -0.25) is 9.36 Å². The smallest absolute Gasteiger partial charge is 0.331 e. The Morgan fingerprint density at radius 1 is 1.35 bits per heavy atom. The zero-order valence-corrected chi connectivity index (χ0v) is 18.6. The summed E-state index contributed by atoms with van der Waals surface area (Å²) in [5, 5.41) is 14.2. The van der Waals surface area contributed by atoms with E-state index < -0.39 is 18.5 Å². The quantitative estimate of drug-likeness (QED) is 0.310. The largest absolute Gasteiger partial charge is 0.452 e. The summed E-state index contributed by atoms with van der Waals surface area (Å²) in [6.45, 7) is 3.52. The minimum atomic E-state index is -0.610. The lowest BCUT2D eigenvalue weighted by molar-refractivity contribution is -0.142. The molecule has 3 rings (SSSR count). The molecule has 0 aliphatic rings. The van der Waals surface area contributed by atoms with Crippen molar-refractivity contribution < 1.29 is 14.3 Å². The highest BCUT2D eigenvalue weighted by Crippen LogP contribution is 2.26. The molecule has 0 aliphatic heterocycles. The average Bonchev–Trinajstić information content (AvgIpc) is 3.37. The summed E-state index contributed by atoms with van der Waals surface area (Å²) in [7, 11) is 0. The molecule has 1 amide bonds. The first kappa shape index (κ1) is 22.3. The van der Waals surface area contributed by atoms with E-state index in [0.29, 0.717) is 5.69 Å². The maximum absolute atomic E-state index is 12.2. The van der Waals surface area contributed by atoms with Crippen LogP contribution in [0.2, 0.25) is 0 Å². The third kappa shape index (κ3) is 5.84. The van der Waals surface area contributed by atoms with Crippen LogP contribution < -0.4 is 5.32 Å². The molecule has 0 aliphatic carbocycles. The number of carbonyl (C=O) groups is 2. The zero-order chi connectivity index (χ0) is 22.2. The number of para-hydroxylation sites is 1. The number of nitrogens with one attached hydrogen (secondary N) is 1. The number of aromatic nitrogens is 2. The van der Waals surface area contributed by atoms with Crippen LogP contribution in [0.3, 0.4) is 0 Å². The van der Waals surface area contributed by atoms with E-state index >= 15 is 0 Å². The summed E-state index contributed by atoms with van der Waals surface area (Å²) in [6, 6.07) is 11.2. The fourth-order valence-corrected chi connectivity index (χ4v) is 4.33. The highest BCUT2D eigenvalue weighted by molar-refractivity contribution is 7.99. The van der Waals surface area contributed by atoms with E-state index in [9.17, 15) is 9.59 Å². The molecule has 3 aromatic rings. The first-order chi connectivity index (χ1) is 15.0. The zero-order valence-electron chi connectivity index (χ0n) is 17.0. The molecule has 7 nitrogen and oxygen atoms in total. The number of nitrogens with zero attached hydrogens (tertiary/aromatic N) is 3. The van der Waals surface area contributed by atoms with Gasteiger partial charge in [-0.05, 0) is 43.7 Å². The molecule has 0 atom stereocenters. The molecule has 2 heterocycles. The lowest BCUT2D eigenvalue weighted by Crippen LogP contribution is -2.20. The number of rotatable bonds is 8. The van der Waals surface area contributed by atoms with Crippen LogP contribution in [0.1, 0.15) is 17.0 Å². The second kappa shape index (κ2) is 10.6. The Balaban J connectivity index is 1.56. The number of anilines is 1. The number of ether oxygens (including phenoxy) is 1. The normalized spacial score (nSPS) is 10.7. The van der Waals surface area contributed by atoms with Gasteiger partial charge in [0.15, 0.2) is 11.7 Å². The van der Waals surface area contributed by atoms with Crippen molar-refractivity contribution in [3.05, 3.63) is 64.9 Å². The summed E-state index contributed by atoms with van der Waals surface area (Å²) in [5.74, 6) is -0.787. The number of esters is 1. The summed E-state index contributed by atoms with van der Waals surface area (Å²) in [5.41, 5.74) is 3.42. The Morgan fingerprint density at radius 3 is 2.90 bits per heavy atom. The van der Waals surface area contributed by atoms with E-state index in [1.807, 2.05) is 48.1 Å². The molecule has 1 aromatic carbocycles. The Morgan fingerprint density at radius 2 is 2.16 bits per heavy atom. The van der Waals surface area contributed by atoms with Gasteiger partial charge in [0.25, 0.3) is 5.91 Å². The molecule has 1 N–H and O–H groups in total. The Kier molecular flexibility index (Phi) is 7.65. The minimum Gasteiger partial charge on any atom is -0.452 e. The van der Waals surface area contributed by atoms with Crippen LogP contribution in [0.5, 0.6) is 0 Å². The van der Waals surface area contributed by atoms with Crippen molar-refractivity contribution in [2.45, 2.75) is 18.7 Å². The van der Waals surface area contributed by atoms with Crippen LogP contribution in [0.15, 0.2) is 52.9 Å². The molecule has 0 unspecified atom stereocenters. The lowest BCUT2D eigenvalue weighted by atomic mass is 10.2. The SMILES string of the molecule is Cc1cc(/C=C/C(=O)OCC(=O)Nc2ccccc2SCC#N)c(C)n1-c1nccs1. The van der Waals surface area contributed by atoms with E-state index in [2.05, 4.69) is 10.3 Å². The fraction of sp³-hybridized carbons (Fsp3) is 0.182. The minimum absolute atomic E-state index is 0.274. The number of hydrogen-bond donors (Lipinski definition) is 1. The highest BCUT2D eigenvalue weighted by atomic mass is 32.2. The Labute approximate surface area is 188 Å². The van der Waals surface area contributed by atoms with Crippen molar-refractivity contribution in [2.24, 2.45) is 0 Å². The Hall–Kier alpha value is -3.35. The van der Waals surface area contributed by atoms with E-state index in [-0.39, 0.29) is 5.75 Å². The van der Waals surface area contributed by atoms with Crippen LogP contribution in [-0.4, -0.2) is 33.8 Å². The van der Waals surface area contributed by atoms with Crippen molar-refractivity contribution in [1.29, 1.82) is 5.26 Å². The molecule has 158 valence electrons. The van der Waals surface area contributed by atoms with Gasteiger partial charge >= 0.3 is 5.97 Å². The van der Waals surface area contributed by atoms with Crippen molar-refractivity contribution in [3.8, 4) is 11.2 Å². The average molecular weight is 453 g/mol. The van der Waals surface area contributed by atoms with Gasteiger partial charge in [0.05, 0.1) is 17.5 Å². The first-order valence-electron chi connectivity index (χ1n) is 9.32. The number of amides is 1. The maximum Gasteiger partial charge on any atom is 0.331 e. The molecule has 0 radical (unpaired) electrons. The third-order valence-electron chi connectivity index (χ3n) is 4.28. The van der Waals surface area contributed by atoms with Crippen LogP contribution in [0.4, 0.5) is 5.69 Å². The predicted molar refractivity (Wildman–Crippen MR) is 122 cm³/mol. The number of thiazole rings is 1. The van der Waals surface area contributed by atoms with E-state index in [0.717, 1.165) is 27.0 Å². The van der Waals surface area contributed by atoms with Crippen LogP contribution >= 0.6 is 23.1 Å². The van der Waals surface area contributed by atoms with Gasteiger partial charge in [0.2, 0.25) is 0 Å². The molecule has 0 spiro atoms. The van der Waals surface area contributed by atoms with Gasteiger partial charge in [-0.15, -0.1) is 23.1 Å². The molecular weight excluding hydrogens is 432 g/mol. The summed E-state index contributed by atoms with van der Waals surface area (Å²) >= 11 is 2.86. The van der Waals surface area contributed by atoms with Gasteiger partial charge < -0.3 is 10.1 Å². The fourth-order valence-electron chi connectivity index (χ4n) is 2.91. The van der Waals surface area contributed by atoms with Crippen LogP contribution in [-0.2, 0) is 14.3 Å². The standard InChI is InChI=1S/C22H20N4O3S2/c1-15-13-17(16(2)26(15)22-24-10-12-31-22)7-8-21(28)29-14-20(27)25-18-5-3-4-6-19(18)30-11-9-23/h3-8,10,12-13H,11,14H2,1-2H3,(H,25,27)/b8-7+. The number of thioether (sulfide) groups is 1. The van der Waals surface area contributed by atoms with Crippen molar-refractivity contribution in [3.63, 3.8) is 0 Å². The monoisotopic (exact) mass is 452 g/mol. The molecule has 0 bridgehead atoms. The number of hydrogen-bond acceptors (Lipinski definition) is 7. The van der Waals surface area contributed by atoms with E-state index in [4.69, 9.17) is 10.00 Å². The summed E-state index contributed by atoms with van der Waals surface area (Å²) in [6.07, 6.45) is 4.72. The topological polar surface area (TPSA) is 97.0 Å². The van der Waals surface area contributed by atoms with Gasteiger partial charge in [-0.2, -0.15) is 5.26 Å². The highest BCUT2D eigenvalue weighted by Gasteiger charge is 2.12. The molecule has 9 heteroatoms. The van der Waals surface area contributed by atoms with Crippen LogP contribution in [0.25, 0.3) is 11.2 Å². The summed E-state index contributed by atoms with van der Waals surface area (Å²) in [4.78, 5) is 29.3. The van der Waals surface area contributed by atoms with E-state index in [1.165, 1.54) is 29.2 Å². The number of benzene rings is 1. The Bertz CT molecular complexity index is 1140. The van der Waals surface area contributed by atoms with Gasteiger partial charge in [-0.25, -0.2) is 9.78 Å². The van der Waals surface area contributed by atoms with Gasteiger partial charge in [0, 0.05) is 33.9 Å². The van der Waals surface area contributed by atoms with Crippen molar-refractivity contribution in [1.82, 2.24) is 9.55 Å². The maximum atomic E-state index is 12.2.